The highest BCUT2D eigenvalue weighted by molar-refractivity contribution is 7.92. The van der Waals surface area contributed by atoms with E-state index in [4.69, 9.17) is 4.74 Å². The molecule has 1 saturated carbocycles. The predicted octanol–water partition coefficient (Wildman–Crippen LogP) is 2.67. The van der Waals surface area contributed by atoms with E-state index in [0.29, 0.717) is 11.3 Å². The van der Waals surface area contributed by atoms with Crippen LogP contribution in [0.4, 0.5) is 0 Å². The molecule has 2 aromatic carbocycles. The van der Waals surface area contributed by atoms with Crippen molar-refractivity contribution in [3.05, 3.63) is 60.2 Å². The van der Waals surface area contributed by atoms with E-state index in [2.05, 4.69) is 0 Å². The second-order valence-corrected chi connectivity index (χ2v) is 7.69. The Balaban J connectivity index is 2.07. The zero-order chi connectivity index (χ0) is 17.4. The normalized spacial score (nSPS) is 21.3. The average molecular weight is 338 g/mol. The summed E-state index contributed by atoms with van der Waals surface area (Å²) in [4.78, 5) is 0.126. The van der Waals surface area contributed by atoms with Gasteiger partial charge in [-0.1, -0.05) is 30.3 Å². The molecule has 0 saturated heterocycles. The molecule has 0 amide bonds. The minimum atomic E-state index is -3.79. The summed E-state index contributed by atoms with van der Waals surface area (Å²) in [6.45, 7) is 0. The van der Waals surface area contributed by atoms with Gasteiger partial charge in [-0.15, -0.1) is 0 Å². The lowest BCUT2D eigenvalue weighted by Crippen LogP contribution is -2.14. The first-order valence-electron chi connectivity index (χ1n) is 7.26. The van der Waals surface area contributed by atoms with E-state index in [1.807, 2.05) is 12.1 Å². The first-order valence-corrected chi connectivity index (χ1v) is 8.81. The molecule has 0 heterocycles. The van der Waals surface area contributed by atoms with Crippen molar-refractivity contribution in [2.45, 2.75) is 16.1 Å². The van der Waals surface area contributed by atoms with E-state index in [0.717, 1.165) is 0 Å². The van der Waals surface area contributed by atoms with Gasteiger partial charge in [0.25, 0.3) is 0 Å². The highest BCUT2D eigenvalue weighted by Crippen LogP contribution is 2.63. The molecule has 0 unspecified atom stereocenters. The summed E-state index contributed by atoms with van der Waals surface area (Å²) in [6, 6.07) is 18.6. The van der Waals surface area contributed by atoms with Gasteiger partial charge in [0.1, 0.15) is 11.0 Å². The van der Waals surface area contributed by atoms with Crippen LogP contribution in [0.1, 0.15) is 11.5 Å². The van der Waals surface area contributed by atoms with Crippen LogP contribution in [0.3, 0.4) is 0 Å². The maximum absolute atomic E-state index is 12.9. The fourth-order valence-electron chi connectivity index (χ4n) is 3.08. The number of ether oxygens (including phenoxy) is 1. The summed E-state index contributed by atoms with van der Waals surface area (Å²) in [7, 11) is -2.26. The number of hydrogen-bond acceptors (Lipinski definition) is 5. The van der Waals surface area contributed by atoms with E-state index in [-0.39, 0.29) is 4.90 Å². The summed E-state index contributed by atoms with van der Waals surface area (Å²) in [5, 5.41) is 17.9. The van der Waals surface area contributed by atoms with Crippen LogP contribution in [-0.4, -0.2) is 20.8 Å². The molecule has 0 aromatic heterocycles. The molecular weight excluding hydrogens is 324 g/mol. The Labute approximate surface area is 140 Å². The Hall–Kier alpha value is -2.83. The quantitative estimate of drug-likeness (QED) is 0.855. The van der Waals surface area contributed by atoms with E-state index in [1.54, 1.807) is 42.5 Å². The van der Waals surface area contributed by atoms with Gasteiger partial charge in [-0.2, -0.15) is 10.5 Å². The van der Waals surface area contributed by atoms with Crippen molar-refractivity contribution >= 4 is 9.84 Å². The third-order valence-electron chi connectivity index (χ3n) is 4.38. The second-order valence-electron chi connectivity index (χ2n) is 5.62. The minimum absolute atomic E-state index is 0.126. The van der Waals surface area contributed by atoms with Gasteiger partial charge in [0.05, 0.1) is 24.1 Å². The van der Waals surface area contributed by atoms with Gasteiger partial charge < -0.3 is 4.74 Å². The molecule has 1 aliphatic rings. The van der Waals surface area contributed by atoms with Crippen LogP contribution in [0.5, 0.6) is 5.75 Å². The highest BCUT2D eigenvalue weighted by atomic mass is 32.2. The molecule has 0 spiro atoms. The van der Waals surface area contributed by atoms with Crippen LogP contribution in [0, 0.1) is 28.1 Å². The van der Waals surface area contributed by atoms with Crippen LogP contribution in [0.2, 0.25) is 0 Å². The molecule has 1 aliphatic carbocycles. The SMILES string of the molecule is COc1ccc([C@H]2[C@@H](S(=O)(=O)c3ccccc3)C2(C#N)C#N)cc1. The largest absolute Gasteiger partial charge is 0.497 e. The Morgan fingerprint density at radius 3 is 2.08 bits per heavy atom. The Kier molecular flexibility index (Phi) is 3.79. The molecule has 0 aliphatic heterocycles. The van der Waals surface area contributed by atoms with Crippen LogP contribution in [-0.2, 0) is 9.84 Å². The zero-order valence-corrected chi connectivity index (χ0v) is 13.7. The van der Waals surface area contributed by atoms with Crippen molar-refractivity contribution in [1.82, 2.24) is 0 Å². The van der Waals surface area contributed by atoms with E-state index in [1.165, 1.54) is 19.2 Å². The number of benzene rings is 2. The molecule has 24 heavy (non-hydrogen) atoms. The summed E-state index contributed by atoms with van der Waals surface area (Å²) in [6.07, 6.45) is 0. The summed E-state index contributed by atoms with van der Waals surface area (Å²) in [5.41, 5.74) is -0.924. The molecule has 0 bridgehead atoms. The zero-order valence-electron chi connectivity index (χ0n) is 12.9. The van der Waals surface area contributed by atoms with Gasteiger partial charge in [-0.25, -0.2) is 8.42 Å². The molecule has 6 heteroatoms. The maximum Gasteiger partial charge on any atom is 0.184 e. The van der Waals surface area contributed by atoms with Crippen molar-refractivity contribution in [2.75, 3.05) is 7.11 Å². The number of methoxy groups -OCH3 is 1. The van der Waals surface area contributed by atoms with Crippen LogP contribution in [0.15, 0.2) is 59.5 Å². The standard InChI is InChI=1S/C18H14N2O3S/c1-23-14-9-7-13(8-10-14)16-17(18(16,11-19)12-20)24(21,22)15-5-3-2-4-6-15/h2-10,16-17H,1H3/t16-,17+/m0/s1. The lowest BCUT2D eigenvalue weighted by molar-refractivity contribution is 0.414. The lowest BCUT2D eigenvalue weighted by Gasteiger charge is -2.04. The van der Waals surface area contributed by atoms with Gasteiger partial charge in [-0.3, -0.25) is 0 Å². The van der Waals surface area contributed by atoms with Gasteiger partial charge in [-0.05, 0) is 29.8 Å². The molecule has 120 valence electrons. The molecular formula is C18H14N2O3S. The minimum Gasteiger partial charge on any atom is -0.497 e. The third kappa shape index (κ3) is 2.24. The first kappa shape index (κ1) is 16.0. The monoisotopic (exact) mass is 338 g/mol. The molecule has 2 aromatic rings. The number of nitriles is 2. The van der Waals surface area contributed by atoms with Crippen LogP contribution >= 0.6 is 0 Å². The summed E-state index contributed by atoms with van der Waals surface area (Å²) in [5.74, 6) is -0.0509. The topological polar surface area (TPSA) is 90.9 Å². The van der Waals surface area contributed by atoms with Crippen molar-refractivity contribution in [3.8, 4) is 17.9 Å². The van der Waals surface area contributed by atoms with E-state index in [9.17, 15) is 18.9 Å². The van der Waals surface area contributed by atoms with Crippen molar-refractivity contribution < 1.29 is 13.2 Å². The Morgan fingerprint density at radius 2 is 1.58 bits per heavy atom. The van der Waals surface area contributed by atoms with Gasteiger partial charge in [0.2, 0.25) is 0 Å². The fourth-order valence-corrected chi connectivity index (χ4v) is 5.30. The average Bonchev–Trinajstić information content (AvgIpc) is 3.33. The number of nitrogens with zero attached hydrogens (tertiary/aromatic N) is 2. The first-order chi connectivity index (χ1) is 11.5. The van der Waals surface area contributed by atoms with Crippen molar-refractivity contribution in [2.24, 2.45) is 5.41 Å². The second kappa shape index (κ2) is 5.67. The molecule has 0 N–H and O–H groups in total. The molecule has 0 radical (unpaired) electrons. The highest BCUT2D eigenvalue weighted by Gasteiger charge is 2.73. The van der Waals surface area contributed by atoms with E-state index < -0.39 is 26.4 Å². The van der Waals surface area contributed by atoms with Crippen LogP contribution in [0.25, 0.3) is 0 Å². The number of hydrogen-bond donors (Lipinski definition) is 0. The van der Waals surface area contributed by atoms with Gasteiger partial charge in [0.15, 0.2) is 15.3 Å². The molecule has 1 fully saturated rings. The fraction of sp³-hybridized carbons (Fsp3) is 0.222. The molecule has 2 atom stereocenters. The van der Waals surface area contributed by atoms with Crippen molar-refractivity contribution in [3.63, 3.8) is 0 Å². The number of sulfone groups is 1. The predicted molar refractivity (Wildman–Crippen MR) is 86.8 cm³/mol. The van der Waals surface area contributed by atoms with Gasteiger partial charge >= 0.3 is 0 Å². The lowest BCUT2D eigenvalue weighted by atomic mass is 10.0. The maximum atomic E-state index is 12.9. The van der Waals surface area contributed by atoms with E-state index >= 15 is 0 Å². The Morgan fingerprint density at radius 1 is 1.00 bits per heavy atom. The molecule has 3 rings (SSSR count). The Bertz CT molecular complexity index is 924. The molecule has 5 nitrogen and oxygen atoms in total. The van der Waals surface area contributed by atoms with Crippen LogP contribution < -0.4 is 4.74 Å². The number of rotatable bonds is 4. The summed E-state index contributed by atoms with van der Waals surface area (Å²) < 4.78 is 30.9. The van der Waals surface area contributed by atoms with Gasteiger partial charge in [0, 0.05) is 5.92 Å². The third-order valence-corrected chi connectivity index (χ3v) is 6.63. The summed E-state index contributed by atoms with van der Waals surface area (Å²) >= 11 is 0. The van der Waals surface area contributed by atoms with Crippen molar-refractivity contribution in [1.29, 1.82) is 10.5 Å². The smallest absolute Gasteiger partial charge is 0.184 e.